The van der Waals surface area contributed by atoms with Crippen molar-refractivity contribution in [3.05, 3.63) is 96.4 Å². The second-order valence-electron chi connectivity index (χ2n) is 10.3. The molecule has 39 heavy (non-hydrogen) atoms. The molecule has 1 aliphatic carbocycles. The number of rotatable bonds is 7. The lowest BCUT2D eigenvalue weighted by molar-refractivity contribution is 0.207. The summed E-state index contributed by atoms with van der Waals surface area (Å²) < 4.78 is 31.4. The molecule has 3 aromatic carbocycles. The maximum Gasteiger partial charge on any atom is 0.326 e. The molecule has 0 bridgehead atoms. The van der Waals surface area contributed by atoms with Gasteiger partial charge in [0.25, 0.3) is 0 Å². The number of aromatic nitrogens is 2. The van der Waals surface area contributed by atoms with Gasteiger partial charge >= 0.3 is 6.03 Å². The number of nitrogens with one attached hydrogen (secondary N) is 1. The molecule has 9 heteroatoms. The predicted octanol–water partition coefficient (Wildman–Crippen LogP) is 4.71. The highest BCUT2D eigenvalue weighted by Gasteiger charge is 2.27. The van der Waals surface area contributed by atoms with E-state index >= 15 is 0 Å². The molecule has 8 nitrogen and oxygen atoms in total. The summed E-state index contributed by atoms with van der Waals surface area (Å²) in [5.41, 5.74) is 4.86. The first-order valence-electron chi connectivity index (χ1n) is 13.1. The summed E-state index contributed by atoms with van der Waals surface area (Å²) in [6.45, 7) is 2.49. The van der Waals surface area contributed by atoms with E-state index in [9.17, 15) is 13.2 Å². The highest BCUT2D eigenvalue weighted by molar-refractivity contribution is 7.90. The van der Waals surface area contributed by atoms with Gasteiger partial charge in [-0.2, -0.15) is 0 Å². The molecule has 0 saturated carbocycles. The molecule has 2 aliphatic rings. The van der Waals surface area contributed by atoms with Crippen LogP contribution >= 0.6 is 0 Å². The summed E-state index contributed by atoms with van der Waals surface area (Å²) in [6, 6.07) is 23.0. The van der Waals surface area contributed by atoms with Crippen LogP contribution in [0.4, 0.5) is 10.5 Å². The van der Waals surface area contributed by atoms with Gasteiger partial charge in [-0.1, -0.05) is 24.3 Å². The molecular formula is C30H30N4O4S. The Morgan fingerprint density at radius 1 is 1.05 bits per heavy atom. The van der Waals surface area contributed by atoms with E-state index in [0.29, 0.717) is 23.1 Å². The van der Waals surface area contributed by atoms with Gasteiger partial charge in [0.15, 0.2) is 9.84 Å². The number of benzene rings is 3. The van der Waals surface area contributed by atoms with Crippen molar-refractivity contribution >= 4 is 21.6 Å². The largest absolute Gasteiger partial charge is 0.486 e. The smallest absolute Gasteiger partial charge is 0.326 e. The molecule has 1 aliphatic heterocycles. The van der Waals surface area contributed by atoms with Crippen molar-refractivity contribution in [2.45, 2.75) is 23.8 Å². The van der Waals surface area contributed by atoms with Crippen LogP contribution < -0.4 is 15.0 Å². The van der Waals surface area contributed by atoms with Crippen molar-refractivity contribution in [2.75, 3.05) is 30.8 Å². The molecule has 2 heterocycles. The molecule has 1 N–H and O–H groups in total. The van der Waals surface area contributed by atoms with Gasteiger partial charge in [0.2, 0.25) is 0 Å². The fraction of sp³-hybridized carbons (Fsp3) is 0.267. The number of hydrogen-bond acceptors (Lipinski definition) is 6. The van der Waals surface area contributed by atoms with Gasteiger partial charge in [-0.05, 0) is 72.5 Å². The van der Waals surface area contributed by atoms with E-state index < -0.39 is 9.84 Å². The molecule has 6 rings (SSSR count). The van der Waals surface area contributed by atoms with Crippen molar-refractivity contribution < 1.29 is 17.9 Å². The fourth-order valence-electron chi connectivity index (χ4n) is 5.23. The van der Waals surface area contributed by atoms with Crippen LogP contribution in [0.25, 0.3) is 11.3 Å². The number of anilines is 1. The van der Waals surface area contributed by atoms with Crippen molar-refractivity contribution in [3.8, 4) is 17.0 Å². The number of nitrogens with zero attached hydrogens (tertiary/aromatic N) is 3. The zero-order valence-corrected chi connectivity index (χ0v) is 22.5. The third-order valence-electron chi connectivity index (χ3n) is 7.43. The Labute approximate surface area is 228 Å². The molecule has 1 aromatic heterocycles. The molecule has 1 amide bonds. The van der Waals surface area contributed by atoms with Crippen LogP contribution in [0, 0.1) is 5.92 Å². The third-order valence-corrected chi connectivity index (χ3v) is 8.54. The number of carbonyl (C=O) groups excluding carboxylic acids is 1. The van der Waals surface area contributed by atoms with Crippen LogP contribution in [0.15, 0.2) is 90.2 Å². The number of carbonyl (C=O) groups is 1. The summed E-state index contributed by atoms with van der Waals surface area (Å²) in [6.07, 6.45) is 5.96. The first kappa shape index (κ1) is 25.2. The van der Waals surface area contributed by atoms with E-state index in [1.807, 2.05) is 48.5 Å². The van der Waals surface area contributed by atoms with E-state index in [1.165, 1.54) is 22.8 Å². The van der Waals surface area contributed by atoms with E-state index in [4.69, 9.17) is 4.74 Å². The van der Waals surface area contributed by atoms with Gasteiger partial charge in [-0.15, -0.1) is 0 Å². The Balaban J connectivity index is 1.02. The highest BCUT2D eigenvalue weighted by Crippen LogP contribution is 2.36. The third kappa shape index (κ3) is 5.40. The highest BCUT2D eigenvalue weighted by atomic mass is 32.2. The maximum absolute atomic E-state index is 12.7. The summed E-state index contributed by atoms with van der Waals surface area (Å²) in [5, 5.41) is 3.01. The number of hydrogen-bond donors (Lipinski definition) is 1. The van der Waals surface area contributed by atoms with E-state index in [-0.39, 0.29) is 12.1 Å². The van der Waals surface area contributed by atoms with Gasteiger partial charge in [0.1, 0.15) is 18.2 Å². The van der Waals surface area contributed by atoms with Crippen molar-refractivity contribution in [3.63, 3.8) is 0 Å². The molecule has 4 aromatic rings. The van der Waals surface area contributed by atoms with Crippen molar-refractivity contribution in [1.82, 2.24) is 14.9 Å². The van der Waals surface area contributed by atoms with Crippen molar-refractivity contribution in [1.29, 1.82) is 0 Å². The predicted molar refractivity (Wildman–Crippen MR) is 150 cm³/mol. The Kier molecular flexibility index (Phi) is 6.60. The van der Waals surface area contributed by atoms with E-state index in [2.05, 4.69) is 27.3 Å². The standard InChI is InChI=1S/C30H30N4O4S/c1-39(36,37)26-12-13-27-23(15-26)9-14-29(27)38-25-10-7-22(8-11-25)28-19-34(20-32-28)30(35)31-16-21-17-33(18-21)24-5-3-2-4-6-24/h2-8,10-13,15,19-21,29H,9,14,16-18H2,1H3,(H,31,35). The van der Waals surface area contributed by atoms with Gasteiger partial charge in [-0.25, -0.2) is 18.2 Å². The Morgan fingerprint density at radius 2 is 1.82 bits per heavy atom. The number of fused-ring (bicyclic) bond motifs is 1. The van der Waals surface area contributed by atoms with E-state index in [0.717, 1.165) is 48.4 Å². The van der Waals surface area contributed by atoms with Crippen LogP contribution in [-0.4, -0.2) is 49.9 Å². The first-order chi connectivity index (χ1) is 18.8. The van der Waals surface area contributed by atoms with E-state index in [1.54, 1.807) is 18.3 Å². The number of amides is 1. The lowest BCUT2D eigenvalue weighted by Crippen LogP contribution is -2.51. The van der Waals surface area contributed by atoms with Gasteiger partial charge in [0.05, 0.1) is 10.6 Å². The van der Waals surface area contributed by atoms with Crippen LogP contribution in [0.5, 0.6) is 5.75 Å². The lowest BCUT2D eigenvalue weighted by atomic mass is 9.99. The molecule has 1 atom stereocenters. The molecule has 1 fully saturated rings. The molecule has 1 saturated heterocycles. The van der Waals surface area contributed by atoms with Gasteiger partial charge in [-0.3, -0.25) is 4.57 Å². The van der Waals surface area contributed by atoms with Crippen LogP contribution in [0.1, 0.15) is 23.7 Å². The number of para-hydroxylation sites is 1. The second kappa shape index (κ2) is 10.2. The van der Waals surface area contributed by atoms with Crippen LogP contribution in [0.2, 0.25) is 0 Å². The average molecular weight is 543 g/mol. The lowest BCUT2D eigenvalue weighted by Gasteiger charge is -2.41. The second-order valence-corrected chi connectivity index (χ2v) is 12.3. The Morgan fingerprint density at radius 3 is 2.56 bits per heavy atom. The topological polar surface area (TPSA) is 93.5 Å². The zero-order valence-electron chi connectivity index (χ0n) is 21.7. The molecule has 1 unspecified atom stereocenters. The SMILES string of the molecule is CS(=O)(=O)c1ccc2c(c1)CCC2Oc1ccc(-c2cn(C(=O)NCC3CN(c4ccccc4)C3)cn2)cc1. The minimum absolute atomic E-state index is 0.113. The van der Waals surface area contributed by atoms with Crippen LogP contribution in [0.3, 0.4) is 0 Å². The molecule has 0 radical (unpaired) electrons. The number of aryl methyl sites for hydroxylation is 1. The number of imidazole rings is 1. The monoisotopic (exact) mass is 542 g/mol. The Bertz CT molecular complexity index is 1590. The summed E-state index contributed by atoms with van der Waals surface area (Å²) >= 11 is 0. The normalized spacial score (nSPS) is 16.9. The van der Waals surface area contributed by atoms with Gasteiger partial charge < -0.3 is 15.0 Å². The summed E-state index contributed by atoms with van der Waals surface area (Å²) in [4.78, 5) is 19.7. The van der Waals surface area contributed by atoms with Crippen LogP contribution in [-0.2, 0) is 16.3 Å². The van der Waals surface area contributed by atoms with Crippen molar-refractivity contribution in [2.24, 2.45) is 5.92 Å². The maximum atomic E-state index is 12.7. The number of sulfone groups is 1. The molecular weight excluding hydrogens is 512 g/mol. The molecule has 0 spiro atoms. The minimum atomic E-state index is -3.23. The first-order valence-corrected chi connectivity index (χ1v) is 14.9. The quantitative estimate of drug-likeness (QED) is 0.364. The van der Waals surface area contributed by atoms with Gasteiger partial charge in [0, 0.05) is 49.3 Å². The Hall–Kier alpha value is -4.11. The summed E-state index contributed by atoms with van der Waals surface area (Å²) in [5.74, 6) is 1.16. The summed E-state index contributed by atoms with van der Waals surface area (Å²) in [7, 11) is -3.23. The average Bonchev–Trinajstić information content (AvgIpc) is 3.56. The fourth-order valence-corrected chi connectivity index (χ4v) is 5.90. The molecule has 200 valence electrons. The number of ether oxygens (including phenoxy) is 1. The zero-order chi connectivity index (χ0) is 27.0. The minimum Gasteiger partial charge on any atom is -0.486 e.